The van der Waals surface area contributed by atoms with Crippen molar-refractivity contribution in [2.75, 3.05) is 18.5 Å². The number of rotatable bonds is 7. The molecule has 1 aromatic rings. The first-order chi connectivity index (χ1) is 9.19. The molecule has 0 saturated heterocycles. The molecular formula is C15H27N3O. The summed E-state index contributed by atoms with van der Waals surface area (Å²) in [6.07, 6.45) is 7.05. The third-order valence-corrected chi connectivity index (χ3v) is 3.82. The Kier molecular flexibility index (Phi) is 5.25. The summed E-state index contributed by atoms with van der Waals surface area (Å²) < 4.78 is 7.63. The lowest BCUT2D eigenvalue weighted by molar-refractivity contribution is 0.142. The van der Waals surface area contributed by atoms with Crippen LogP contribution in [0.25, 0.3) is 0 Å². The molecule has 0 spiro atoms. The van der Waals surface area contributed by atoms with Crippen molar-refractivity contribution in [2.24, 2.45) is 5.92 Å². The molecule has 0 aromatic carbocycles. The average molecular weight is 265 g/mol. The van der Waals surface area contributed by atoms with Crippen molar-refractivity contribution in [1.82, 2.24) is 9.55 Å². The van der Waals surface area contributed by atoms with Crippen molar-refractivity contribution >= 4 is 5.95 Å². The number of aryl methyl sites for hydroxylation is 2. The van der Waals surface area contributed by atoms with Crippen molar-refractivity contribution in [2.45, 2.75) is 59.0 Å². The van der Waals surface area contributed by atoms with E-state index in [1.54, 1.807) is 0 Å². The zero-order valence-corrected chi connectivity index (χ0v) is 12.5. The predicted octanol–water partition coefficient (Wildman–Crippen LogP) is 3.22. The molecule has 1 aliphatic rings. The number of hydrogen-bond acceptors (Lipinski definition) is 3. The van der Waals surface area contributed by atoms with Crippen LogP contribution in [-0.4, -0.2) is 28.8 Å². The highest BCUT2D eigenvalue weighted by molar-refractivity contribution is 5.30. The molecule has 1 fully saturated rings. The molecule has 1 N–H and O–H groups in total. The van der Waals surface area contributed by atoms with E-state index in [1.165, 1.54) is 19.3 Å². The molecule has 0 aliphatic heterocycles. The molecule has 0 bridgehead atoms. The largest absolute Gasteiger partial charge is 0.382 e. The van der Waals surface area contributed by atoms with Crippen molar-refractivity contribution in [1.29, 1.82) is 0 Å². The molecule has 1 aromatic heterocycles. The Hall–Kier alpha value is -1.03. The van der Waals surface area contributed by atoms with Gasteiger partial charge in [-0.05, 0) is 45.4 Å². The minimum atomic E-state index is 0.599. The first-order valence-electron chi connectivity index (χ1n) is 7.57. The quantitative estimate of drug-likeness (QED) is 0.769. The molecule has 4 nitrogen and oxygen atoms in total. The van der Waals surface area contributed by atoms with Crippen LogP contribution in [0.15, 0.2) is 6.20 Å². The second-order valence-electron chi connectivity index (χ2n) is 5.71. The number of anilines is 1. The van der Waals surface area contributed by atoms with E-state index >= 15 is 0 Å². The summed E-state index contributed by atoms with van der Waals surface area (Å²) in [7, 11) is 0. The minimum absolute atomic E-state index is 0.599. The van der Waals surface area contributed by atoms with Gasteiger partial charge in [-0.1, -0.05) is 6.92 Å². The summed E-state index contributed by atoms with van der Waals surface area (Å²) in [6.45, 7) is 9.03. The summed E-state index contributed by atoms with van der Waals surface area (Å²) in [4.78, 5) is 4.61. The van der Waals surface area contributed by atoms with Gasteiger partial charge in [0.1, 0.15) is 0 Å². The molecule has 1 heterocycles. The van der Waals surface area contributed by atoms with Crippen LogP contribution in [-0.2, 0) is 11.3 Å². The highest BCUT2D eigenvalue weighted by Gasteiger charge is 2.22. The van der Waals surface area contributed by atoms with Crippen LogP contribution in [0.4, 0.5) is 5.95 Å². The number of nitrogens with one attached hydrogen (secondary N) is 1. The van der Waals surface area contributed by atoms with Gasteiger partial charge in [-0.2, -0.15) is 0 Å². The molecule has 4 heteroatoms. The Morgan fingerprint density at radius 3 is 3.00 bits per heavy atom. The molecule has 1 saturated carbocycles. The lowest BCUT2D eigenvalue weighted by Crippen LogP contribution is -2.19. The van der Waals surface area contributed by atoms with Crippen LogP contribution in [0.5, 0.6) is 0 Å². The van der Waals surface area contributed by atoms with Crippen LogP contribution in [0.3, 0.4) is 0 Å². The van der Waals surface area contributed by atoms with E-state index in [1.807, 2.05) is 6.92 Å². The minimum Gasteiger partial charge on any atom is -0.382 e. The monoisotopic (exact) mass is 265 g/mol. The number of imidazole rings is 1. The van der Waals surface area contributed by atoms with Crippen LogP contribution in [0.2, 0.25) is 0 Å². The van der Waals surface area contributed by atoms with Crippen LogP contribution >= 0.6 is 0 Å². The fraction of sp³-hybridized carbons (Fsp3) is 0.800. The fourth-order valence-electron chi connectivity index (χ4n) is 2.83. The van der Waals surface area contributed by atoms with Gasteiger partial charge in [0.2, 0.25) is 5.95 Å². The first-order valence-corrected chi connectivity index (χ1v) is 7.57. The second-order valence-corrected chi connectivity index (χ2v) is 5.71. The van der Waals surface area contributed by atoms with Crippen molar-refractivity contribution in [3.05, 3.63) is 11.9 Å². The Balaban J connectivity index is 1.88. The zero-order chi connectivity index (χ0) is 13.7. The van der Waals surface area contributed by atoms with Crippen molar-refractivity contribution in [3.8, 4) is 0 Å². The van der Waals surface area contributed by atoms with Crippen LogP contribution in [0.1, 0.15) is 45.2 Å². The van der Waals surface area contributed by atoms with Gasteiger partial charge in [-0.25, -0.2) is 4.98 Å². The third-order valence-electron chi connectivity index (χ3n) is 3.82. The summed E-state index contributed by atoms with van der Waals surface area (Å²) in [6, 6.07) is 0.599. The second kappa shape index (κ2) is 6.94. The number of aromatic nitrogens is 2. The molecule has 108 valence electrons. The molecular weight excluding hydrogens is 238 g/mol. The Labute approximate surface area is 116 Å². The van der Waals surface area contributed by atoms with E-state index in [4.69, 9.17) is 4.74 Å². The molecule has 2 unspecified atom stereocenters. The van der Waals surface area contributed by atoms with Gasteiger partial charge in [0.25, 0.3) is 0 Å². The number of nitrogens with zero attached hydrogens (tertiary/aromatic N) is 2. The predicted molar refractivity (Wildman–Crippen MR) is 78.5 cm³/mol. The number of hydrogen-bond donors (Lipinski definition) is 1. The third kappa shape index (κ3) is 4.23. The van der Waals surface area contributed by atoms with Gasteiger partial charge in [0, 0.05) is 32.0 Å². The van der Waals surface area contributed by atoms with Crippen LogP contribution < -0.4 is 5.32 Å². The van der Waals surface area contributed by atoms with Gasteiger partial charge < -0.3 is 14.6 Å². The van der Waals surface area contributed by atoms with E-state index in [-0.39, 0.29) is 0 Å². The highest BCUT2D eigenvalue weighted by atomic mass is 16.5. The van der Waals surface area contributed by atoms with Crippen molar-refractivity contribution in [3.63, 3.8) is 0 Å². The van der Waals surface area contributed by atoms with Gasteiger partial charge in [0.05, 0.1) is 5.69 Å². The lowest BCUT2D eigenvalue weighted by Gasteiger charge is -2.15. The normalized spacial score (nSPS) is 22.9. The fourth-order valence-corrected chi connectivity index (χ4v) is 2.83. The summed E-state index contributed by atoms with van der Waals surface area (Å²) >= 11 is 0. The maximum atomic E-state index is 5.40. The smallest absolute Gasteiger partial charge is 0.203 e. The summed E-state index contributed by atoms with van der Waals surface area (Å²) in [5.74, 6) is 1.88. The molecule has 19 heavy (non-hydrogen) atoms. The Bertz CT molecular complexity index is 389. The van der Waals surface area contributed by atoms with E-state index in [9.17, 15) is 0 Å². The van der Waals surface area contributed by atoms with Crippen molar-refractivity contribution < 1.29 is 4.74 Å². The van der Waals surface area contributed by atoms with Crippen LogP contribution in [0, 0.1) is 12.8 Å². The van der Waals surface area contributed by atoms with E-state index in [0.29, 0.717) is 6.04 Å². The molecule has 2 rings (SSSR count). The summed E-state index contributed by atoms with van der Waals surface area (Å²) in [5.41, 5.74) is 1.09. The molecule has 1 aliphatic carbocycles. The lowest BCUT2D eigenvalue weighted by atomic mass is 10.1. The Morgan fingerprint density at radius 1 is 1.47 bits per heavy atom. The van der Waals surface area contributed by atoms with E-state index in [2.05, 4.69) is 34.9 Å². The SMILES string of the molecule is CCOCCCn1cc(C)nc1NC1CCC(C)C1. The average Bonchev–Trinajstić information content (AvgIpc) is 2.92. The molecule has 0 amide bonds. The maximum absolute atomic E-state index is 5.40. The standard InChI is InChI=1S/C15H27N3O/c1-4-19-9-5-8-18-11-13(3)16-15(18)17-14-7-6-12(2)10-14/h11-12,14H,4-10H2,1-3H3,(H,16,17). The summed E-state index contributed by atoms with van der Waals surface area (Å²) in [5, 5.41) is 3.61. The van der Waals surface area contributed by atoms with Gasteiger partial charge in [-0.3, -0.25) is 0 Å². The van der Waals surface area contributed by atoms with Gasteiger partial charge >= 0.3 is 0 Å². The van der Waals surface area contributed by atoms with Gasteiger partial charge in [-0.15, -0.1) is 0 Å². The molecule has 0 radical (unpaired) electrons. The van der Waals surface area contributed by atoms with E-state index < -0.39 is 0 Å². The zero-order valence-electron chi connectivity index (χ0n) is 12.5. The number of ether oxygens (including phenoxy) is 1. The van der Waals surface area contributed by atoms with Gasteiger partial charge in [0.15, 0.2) is 0 Å². The topological polar surface area (TPSA) is 39.1 Å². The first kappa shape index (κ1) is 14.4. The van der Waals surface area contributed by atoms with E-state index in [0.717, 1.165) is 43.7 Å². The molecule has 2 atom stereocenters. The Morgan fingerprint density at radius 2 is 2.32 bits per heavy atom. The highest BCUT2D eigenvalue weighted by Crippen LogP contribution is 2.27. The maximum Gasteiger partial charge on any atom is 0.203 e.